The Bertz CT molecular complexity index is 445. The lowest BCUT2D eigenvalue weighted by molar-refractivity contribution is -0.181. The van der Waals surface area contributed by atoms with Gasteiger partial charge in [-0.25, -0.2) is 5.06 Å². The van der Waals surface area contributed by atoms with Gasteiger partial charge < -0.3 is 9.64 Å². The molecule has 0 N–H and O–H groups in total. The highest BCUT2D eigenvalue weighted by molar-refractivity contribution is 5.82. The third kappa shape index (κ3) is 2.44. The molecule has 0 aromatic rings. The van der Waals surface area contributed by atoms with E-state index in [9.17, 15) is 9.59 Å². The van der Waals surface area contributed by atoms with E-state index >= 15 is 0 Å². The number of ether oxygens (including phenoxy) is 1. The molecule has 0 aromatic heterocycles. The zero-order chi connectivity index (χ0) is 14.4. The Morgan fingerprint density at radius 3 is 2.62 bits per heavy atom. The first kappa shape index (κ1) is 13.5. The van der Waals surface area contributed by atoms with E-state index in [0.29, 0.717) is 38.8 Å². The number of carbonyl (C=O) groups excluding carboxylic acids is 2. The van der Waals surface area contributed by atoms with Crippen molar-refractivity contribution < 1.29 is 19.2 Å². The quantitative estimate of drug-likeness (QED) is 0.734. The molecule has 2 amide bonds. The molecule has 1 aliphatic carbocycles. The first-order valence-electron chi connectivity index (χ1n) is 8.05. The molecule has 6 nitrogen and oxygen atoms in total. The molecule has 0 bridgehead atoms. The lowest BCUT2D eigenvalue weighted by atomic mass is 9.82. The van der Waals surface area contributed by atoms with E-state index in [0.717, 1.165) is 25.8 Å². The van der Waals surface area contributed by atoms with Crippen molar-refractivity contribution in [3.8, 4) is 0 Å². The Kier molecular flexibility index (Phi) is 3.38. The maximum atomic E-state index is 12.6. The average molecular weight is 294 g/mol. The van der Waals surface area contributed by atoms with E-state index in [4.69, 9.17) is 9.57 Å². The van der Waals surface area contributed by atoms with E-state index in [1.54, 1.807) is 0 Å². The number of fused-ring (bicyclic) bond motifs is 1. The summed E-state index contributed by atoms with van der Waals surface area (Å²) in [5.74, 6) is 0.966. The summed E-state index contributed by atoms with van der Waals surface area (Å²) in [6, 6.07) is 0. The van der Waals surface area contributed by atoms with Crippen molar-refractivity contribution in [3.05, 3.63) is 0 Å². The van der Waals surface area contributed by atoms with E-state index < -0.39 is 0 Å². The summed E-state index contributed by atoms with van der Waals surface area (Å²) in [5, 5.41) is 1.50. The molecule has 6 heteroatoms. The summed E-state index contributed by atoms with van der Waals surface area (Å²) in [6.07, 6.45) is 2.97. The molecule has 0 spiro atoms. The topological polar surface area (TPSA) is 59.1 Å². The van der Waals surface area contributed by atoms with E-state index in [1.807, 2.05) is 4.90 Å². The van der Waals surface area contributed by atoms with E-state index in [2.05, 4.69) is 0 Å². The van der Waals surface area contributed by atoms with Crippen molar-refractivity contribution in [2.24, 2.45) is 23.7 Å². The van der Waals surface area contributed by atoms with Crippen LogP contribution in [0.3, 0.4) is 0 Å². The fraction of sp³-hybridized carbons (Fsp3) is 0.867. The fourth-order valence-corrected chi connectivity index (χ4v) is 3.83. The van der Waals surface area contributed by atoms with Gasteiger partial charge in [0, 0.05) is 24.9 Å². The summed E-state index contributed by atoms with van der Waals surface area (Å²) in [4.78, 5) is 32.2. The molecule has 21 heavy (non-hydrogen) atoms. The van der Waals surface area contributed by atoms with Gasteiger partial charge in [-0.2, -0.15) is 0 Å². The van der Waals surface area contributed by atoms with Crippen LogP contribution >= 0.6 is 0 Å². The third-order valence-corrected chi connectivity index (χ3v) is 5.19. The van der Waals surface area contributed by atoms with Crippen LogP contribution in [0.15, 0.2) is 0 Å². The monoisotopic (exact) mass is 294 g/mol. The lowest BCUT2D eigenvalue weighted by Crippen LogP contribution is -2.45. The molecule has 4 aliphatic rings. The van der Waals surface area contributed by atoms with Crippen LogP contribution in [-0.4, -0.2) is 61.2 Å². The number of carbonyl (C=O) groups is 2. The highest BCUT2D eigenvalue weighted by Crippen LogP contribution is 2.39. The number of likely N-dealkylation sites (tertiary alicyclic amines) is 1. The maximum absolute atomic E-state index is 12.6. The second kappa shape index (κ2) is 5.25. The molecule has 3 atom stereocenters. The number of amides is 2. The van der Waals surface area contributed by atoms with Crippen LogP contribution in [0.1, 0.15) is 19.3 Å². The van der Waals surface area contributed by atoms with Crippen molar-refractivity contribution in [2.75, 3.05) is 39.5 Å². The van der Waals surface area contributed by atoms with Gasteiger partial charge in [0.25, 0.3) is 5.91 Å². The highest BCUT2D eigenvalue weighted by atomic mass is 16.7. The first-order valence-corrected chi connectivity index (χ1v) is 8.05. The molecule has 1 saturated carbocycles. The minimum atomic E-state index is -0.154. The number of hydroxylamine groups is 2. The minimum absolute atomic E-state index is 0.0444. The zero-order valence-corrected chi connectivity index (χ0v) is 12.2. The molecule has 3 aliphatic heterocycles. The van der Waals surface area contributed by atoms with Gasteiger partial charge in [0.15, 0.2) is 0 Å². The van der Waals surface area contributed by atoms with Gasteiger partial charge in [0.05, 0.1) is 32.3 Å². The van der Waals surface area contributed by atoms with Gasteiger partial charge in [-0.3, -0.25) is 14.4 Å². The largest absolute Gasteiger partial charge is 0.380 e. The van der Waals surface area contributed by atoms with Crippen molar-refractivity contribution in [1.82, 2.24) is 9.96 Å². The molecule has 4 fully saturated rings. The standard InChI is InChI=1S/C15H22N2O4/c18-14(10-2-3-10)16-6-11-8-20-9-13(12(11)7-16)15(19)17-4-1-5-21-17/h10-13H,1-9H2/t11-,12-,13-/m1/s1. The molecular formula is C15H22N2O4. The predicted octanol–water partition coefficient (Wildman–Crippen LogP) is 0.281. The van der Waals surface area contributed by atoms with Crippen LogP contribution in [-0.2, 0) is 19.2 Å². The summed E-state index contributed by atoms with van der Waals surface area (Å²) in [5.41, 5.74) is 0. The van der Waals surface area contributed by atoms with Gasteiger partial charge in [-0.05, 0) is 25.2 Å². The van der Waals surface area contributed by atoms with Crippen LogP contribution in [0, 0.1) is 23.7 Å². The Morgan fingerprint density at radius 1 is 1.05 bits per heavy atom. The molecule has 0 radical (unpaired) electrons. The summed E-state index contributed by atoms with van der Waals surface area (Å²) >= 11 is 0. The molecule has 0 unspecified atom stereocenters. The van der Waals surface area contributed by atoms with Crippen molar-refractivity contribution in [3.63, 3.8) is 0 Å². The van der Waals surface area contributed by atoms with Gasteiger partial charge in [-0.1, -0.05) is 0 Å². The molecule has 4 rings (SSSR count). The Balaban J connectivity index is 1.45. The van der Waals surface area contributed by atoms with Crippen LogP contribution in [0.4, 0.5) is 0 Å². The number of hydrogen-bond acceptors (Lipinski definition) is 4. The second-order valence-electron chi connectivity index (χ2n) is 6.71. The van der Waals surface area contributed by atoms with Crippen LogP contribution in [0.25, 0.3) is 0 Å². The average Bonchev–Trinajstić information content (AvgIpc) is 3.03. The SMILES string of the molecule is O=C(C1CC1)N1C[C@@H]2COC[C@@H](C(=O)N3CCCO3)[C@@H]2C1. The Morgan fingerprint density at radius 2 is 1.90 bits per heavy atom. The van der Waals surface area contributed by atoms with Crippen molar-refractivity contribution in [1.29, 1.82) is 0 Å². The molecule has 0 aromatic carbocycles. The molecule has 116 valence electrons. The zero-order valence-electron chi connectivity index (χ0n) is 12.2. The first-order chi connectivity index (χ1) is 10.2. The van der Waals surface area contributed by atoms with Crippen LogP contribution in [0.2, 0.25) is 0 Å². The van der Waals surface area contributed by atoms with E-state index in [-0.39, 0.29) is 29.6 Å². The fourth-order valence-electron chi connectivity index (χ4n) is 3.83. The maximum Gasteiger partial charge on any atom is 0.251 e. The summed E-state index contributed by atoms with van der Waals surface area (Å²) < 4.78 is 5.64. The molecular weight excluding hydrogens is 272 g/mol. The predicted molar refractivity (Wildman–Crippen MR) is 72.9 cm³/mol. The number of nitrogens with zero attached hydrogens (tertiary/aromatic N) is 2. The van der Waals surface area contributed by atoms with Gasteiger partial charge >= 0.3 is 0 Å². The van der Waals surface area contributed by atoms with Crippen molar-refractivity contribution in [2.45, 2.75) is 19.3 Å². The second-order valence-corrected chi connectivity index (χ2v) is 6.71. The van der Waals surface area contributed by atoms with Crippen molar-refractivity contribution >= 4 is 11.8 Å². The third-order valence-electron chi connectivity index (χ3n) is 5.19. The van der Waals surface area contributed by atoms with Crippen LogP contribution in [0.5, 0.6) is 0 Å². The normalized spacial score (nSPS) is 35.9. The summed E-state index contributed by atoms with van der Waals surface area (Å²) in [6.45, 7) is 3.91. The van der Waals surface area contributed by atoms with Gasteiger partial charge in [0.1, 0.15) is 0 Å². The highest BCUT2D eigenvalue weighted by Gasteiger charge is 2.48. The Hall–Kier alpha value is -1.14. The smallest absolute Gasteiger partial charge is 0.251 e. The molecule has 3 heterocycles. The van der Waals surface area contributed by atoms with Gasteiger partial charge in [-0.15, -0.1) is 0 Å². The number of rotatable bonds is 2. The number of hydrogen-bond donors (Lipinski definition) is 0. The lowest BCUT2D eigenvalue weighted by Gasteiger charge is -2.33. The minimum Gasteiger partial charge on any atom is -0.380 e. The molecule has 3 saturated heterocycles. The van der Waals surface area contributed by atoms with Crippen LogP contribution < -0.4 is 0 Å². The summed E-state index contributed by atoms with van der Waals surface area (Å²) in [7, 11) is 0. The van der Waals surface area contributed by atoms with Gasteiger partial charge in [0.2, 0.25) is 5.91 Å². The Labute approximate surface area is 124 Å². The van der Waals surface area contributed by atoms with E-state index in [1.165, 1.54) is 5.06 Å².